The smallest absolute Gasteiger partial charge is 0.260 e. The molecule has 0 radical (unpaired) electrons. The highest BCUT2D eigenvalue weighted by Gasteiger charge is 2.22. The molecule has 2 heterocycles. The second kappa shape index (κ2) is 9.49. The molecule has 2 aromatic carbocycles. The number of carbonyl (C=O) groups is 1. The number of thioether (sulfide) groups is 1. The van der Waals surface area contributed by atoms with Crippen LogP contribution in [0.4, 0.5) is 5.13 Å². The molecule has 0 atom stereocenters. The third kappa shape index (κ3) is 5.06. The summed E-state index contributed by atoms with van der Waals surface area (Å²) in [6, 6.07) is 17.4. The van der Waals surface area contributed by atoms with E-state index in [0.29, 0.717) is 22.5 Å². The first-order valence-electron chi connectivity index (χ1n) is 9.95. The number of amides is 1. The van der Waals surface area contributed by atoms with Crippen molar-refractivity contribution in [3.63, 3.8) is 0 Å². The number of thiazole rings is 1. The van der Waals surface area contributed by atoms with Crippen LogP contribution in [0, 0.1) is 0 Å². The number of pyridine rings is 1. The zero-order valence-corrected chi connectivity index (χ0v) is 19.2. The first kappa shape index (κ1) is 21.3. The van der Waals surface area contributed by atoms with Gasteiger partial charge in [-0.1, -0.05) is 37.3 Å². The van der Waals surface area contributed by atoms with Gasteiger partial charge in [0.15, 0.2) is 5.13 Å². The number of fused-ring (bicyclic) bond motifs is 1. The third-order valence-corrected chi connectivity index (χ3v) is 6.63. The van der Waals surface area contributed by atoms with Gasteiger partial charge in [0.2, 0.25) is 0 Å². The van der Waals surface area contributed by atoms with E-state index in [2.05, 4.69) is 18.8 Å². The van der Waals surface area contributed by atoms with E-state index in [1.54, 1.807) is 36.2 Å². The Morgan fingerprint density at radius 1 is 1.16 bits per heavy atom. The van der Waals surface area contributed by atoms with Crippen LogP contribution in [0.15, 0.2) is 71.9 Å². The molecule has 0 unspecified atom stereocenters. The van der Waals surface area contributed by atoms with Crippen LogP contribution >= 0.6 is 23.1 Å². The number of methoxy groups -OCH3 is 1. The lowest BCUT2D eigenvalue weighted by atomic mass is 10.2. The number of aromatic nitrogens is 2. The zero-order chi connectivity index (χ0) is 21.8. The summed E-state index contributed by atoms with van der Waals surface area (Å²) < 4.78 is 6.33. The number of ether oxygens (including phenoxy) is 1. The van der Waals surface area contributed by atoms with Crippen LogP contribution in [0.2, 0.25) is 0 Å². The molecule has 7 heteroatoms. The molecule has 5 nitrogen and oxygen atoms in total. The summed E-state index contributed by atoms with van der Waals surface area (Å²) in [5.41, 5.74) is 2.40. The monoisotopic (exact) mass is 449 g/mol. The molecule has 0 saturated carbocycles. The van der Waals surface area contributed by atoms with E-state index in [4.69, 9.17) is 9.72 Å². The second-order valence-electron chi connectivity index (χ2n) is 7.28. The summed E-state index contributed by atoms with van der Waals surface area (Å²) in [6.45, 7) is 4.68. The van der Waals surface area contributed by atoms with Crippen LogP contribution in [-0.4, -0.2) is 28.2 Å². The van der Waals surface area contributed by atoms with Gasteiger partial charge in [0, 0.05) is 34.2 Å². The summed E-state index contributed by atoms with van der Waals surface area (Å²) in [4.78, 5) is 25.4. The van der Waals surface area contributed by atoms with E-state index >= 15 is 0 Å². The minimum absolute atomic E-state index is 0.0823. The minimum Gasteiger partial charge on any atom is -0.497 e. The highest BCUT2D eigenvalue weighted by atomic mass is 32.2. The summed E-state index contributed by atoms with van der Waals surface area (Å²) in [6.07, 6.45) is 3.51. The maximum atomic E-state index is 13.6. The van der Waals surface area contributed by atoms with Crippen LogP contribution in [0.3, 0.4) is 0 Å². The summed E-state index contributed by atoms with van der Waals surface area (Å²) >= 11 is 3.24. The fraction of sp³-hybridized carbons (Fsp3) is 0.208. The number of benzene rings is 2. The predicted octanol–water partition coefficient (Wildman–Crippen LogP) is 6.05. The van der Waals surface area contributed by atoms with Crippen LogP contribution in [0.5, 0.6) is 5.75 Å². The standard InChI is InChI=1S/C24H23N3O2S2/c1-16(2)30-20-8-4-7-18(12-20)23(28)27(15-17-6-5-11-25-14-17)24-26-21-13-19(29-3)9-10-22(21)31-24/h4-14,16H,15H2,1-3H3. The molecule has 2 aromatic heterocycles. The van der Waals surface area contributed by atoms with Crippen molar-refractivity contribution in [1.29, 1.82) is 0 Å². The Hall–Kier alpha value is -2.90. The minimum atomic E-state index is -0.0823. The quantitative estimate of drug-likeness (QED) is 0.322. The molecule has 0 N–H and O–H groups in total. The maximum absolute atomic E-state index is 13.6. The van der Waals surface area contributed by atoms with E-state index < -0.39 is 0 Å². The zero-order valence-electron chi connectivity index (χ0n) is 17.6. The molecule has 31 heavy (non-hydrogen) atoms. The number of anilines is 1. The highest BCUT2D eigenvalue weighted by Crippen LogP contribution is 2.33. The molecular formula is C24H23N3O2S2. The molecule has 0 fully saturated rings. The molecule has 1 amide bonds. The van der Waals surface area contributed by atoms with Crippen molar-refractivity contribution in [3.8, 4) is 5.75 Å². The normalized spacial score (nSPS) is 11.1. The first-order valence-corrected chi connectivity index (χ1v) is 11.6. The van der Waals surface area contributed by atoms with E-state index in [1.165, 1.54) is 11.3 Å². The van der Waals surface area contributed by atoms with Gasteiger partial charge in [0.25, 0.3) is 5.91 Å². The number of hydrogen-bond acceptors (Lipinski definition) is 6. The highest BCUT2D eigenvalue weighted by molar-refractivity contribution is 7.99. The molecule has 0 saturated heterocycles. The lowest BCUT2D eigenvalue weighted by molar-refractivity contribution is 0.0985. The van der Waals surface area contributed by atoms with E-state index in [9.17, 15) is 4.79 Å². The summed E-state index contributed by atoms with van der Waals surface area (Å²) in [5.74, 6) is 0.661. The largest absolute Gasteiger partial charge is 0.497 e. The van der Waals surface area contributed by atoms with Crippen molar-refractivity contribution in [2.75, 3.05) is 12.0 Å². The van der Waals surface area contributed by atoms with E-state index in [0.717, 1.165) is 26.4 Å². The Morgan fingerprint density at radius 3 is 2.77 bits per heavy atom. The average molecular weight is 450 g/mol. The third-order valence-electron chi connectivity index (χ3n) is 4.58. The molecule has 4 aromatic rings. The Balaban J connectivity index is 1.73. The summed E-state index contributed by atoms with van der Waals surface area (Å²) in [7, 11) is 1.63. The average Bonchev–Trinajstić information content (AvgIpc) is 3.20. The van der Waals surface area contributed by atoms with E-state index in [1.807, 2.05) is 54.6 Å². The Kier molecular flexibility index (Phi) is 6.53. The number of nitrogens with zero attached hydrogens (tertiary/aromatic N) is 3. The molecule has 4 rings (SSSR count). The number of hydrogen-bond donors (Lipinski definition) is 0. The number of carbonyl (C=O) groups excluding carboxylic acids is 1. The van der Waals surface area contributed by atoms with Crippen molar-refractivity contribution < 1.29 is 9.53 Å². The lowest BCUT2D eigenvalue weighted by Crippen LogP contribution is -2.30. The molecular weight excluding hydrogens is 426 g/mol. The SMILES string of the molecule is COc1ccc2sc(N(Cc3cccnc3)C(=O)c3cccc(SC(C)C)c3)nc2c1. The van der Waals surface area contributed by atoms with Gasteiger partial charge in [0.05, 0.1) is 23.9 Å². The molecule has 158 valence electrons. The van der Waals surface area contributed by atoms with Crippen molar-refractivity contribution in [2.45, 2.75) is 30.5 Å². The van der Waals surface area contributed by atoms with Crippen LogP contribution in [-0.2, 0) is 6.54 Å². The second-order valence-corrected chi connectivity index (χ2v) is 9.94. The predicted molar refractivity (Wildman–Crippen MR) is 128 cm³/mol. The first-order chi connectivity index (χ1) is 15.0. The Bertz CT molecular complexity index is 1190. The molecule has 0 aliphatic carbocycles. The summed E-state index contributed by atoms with van der Waals surface area (Å²) in [5, 5.41) is 1.09. The molecule has 0 aliphatic rings. The van der Waals surface area contributed by atoms with Crippen LogP contribution in [0.25, 0.3) is 10.2 Å². The molecule has 0 bridgehead atoms. The maximum Gasteiger partial charge on any atom is 0.260 e. The van der Waals surface area contributed by atoms with Crippen molar-refractivity contribution in [2.24, 2.45) is 0 Å². The van der Waals surface area contributed by atoms with Gasteiger partial charge in [0.1, 0.15) is 5.75 Å². The fourth-order valence-electron chi connectivity index (χ4n) is 3.17. The number of rotatable bonds is 7. The van der Waals surface area contributed by atoms with Gasteiger partial charge < -0.3 is 4.74 Å². The van der Waals surface area contributed by atoms with Gasteiger partial charge in [-0.25, -0.2) is 4.98 Å². The van der Waals surface area contributed by atoms with Gasteiger partial charge in [-0.3, -0.25) is 14.7 Å². The van der Waals surface area contributed by atoms with E-state index in [-0.39, 0.29) is 5.91 Å². The Morgan fingerprint density at radius 2 is 2.03 bits per heavy atom. The van der Waals surface area contributed by atoms with Crippen molar-refractivity contribution >= 4 is 44.4 Å². The fourth-order valence-corrected chi connectivity index (χ4v) is 5.01. The van der Waals surface area contributed by atoms with Gasteiger partial charge in [-0.15, -0.1) is 11.8 Å². The van der Waals surface area contributed by atoms with Crippen LogP contribution in [0.1, 0.15) is 29.8 Å². The van der Waals surface area contributed by atoms with Gasteiger partial charge in [-0.2, -0.15) is 0 Å². The molecule has 0 aliphatic heterocycles. The van der Waals surface area contributed by atoms with Gasteiger partial charge >= 0.3 is 0 Å². The van der Waals surface area contributed by atoms with Crippen molar-refractivity contribution in [3.05, 3.63) is 78.1 Å². The Labute approximate surface area is 190 Å². The topological polar surface area (TPSA) is 55.3 Å². The molecule has 0 spiro atoms. The lowest BCUT2D eigenvalue weighted by Gasteiger charge is -2.20. The van der Waals surface area contributed by atoms with Crippen LogP contribution < -0.4 is 9.64 Å². The van der Waals surface area contributed by atoms with Gasteiger partial charge in [-0.05, 0) is 42.0 Å². The van der Waals surface area contributed by atoms with Crippen molar-refractivity contribution in [1.82, 2.24) is 9.97 Å².